The fourth-order valence-electron chi connectivity index (χ4n) is 4.71. The lowest BCUT2D eigenvalue weighted by Gasteiger charge is -2.23. The molecular formula is C27H29N2O4+. The van der Waals surface area contributed by atoms with Gasteiger partial charge >= 0.3 is 0 Å². The predicted molar refractivity (Wildman–Crippen MR) is 128 cm³/mol. The van der Waals surface area contributed by atoms with Crippen molar-refractivity contribution >= 4 is 10.9 Å². The molecule has 0 bridgehead atoms. The minimum atomic E-state index is 0.114. The van der Waals surface area contributed by atoms with Crippen LogP contribution in [0.5, 0.6) is 23.0 Å². The van der Waals surface area contributed by atoms with E-state index in [2.05, 4.69) is 34.6 Å². The van der Waals surface area contributed by atoms with E-state index in [4.69, 9.17) is 18.9 Å². The van der Waals surface area contributed by atoms with Crippen molar-refractivity contribution < 1.29 is 24.3 Å². The molecule has 4 aromatic rings. The fourth-order valence-corrected chi connectivity index (χ4v) is 4.71. The fraction of sp³-hybridized carbons (Fsp3) is 0.259. The van der Waals surface area contributed by atoms with Crippen molar-refractivity contribution in [2.24, 2.45) is 0 Å². The van der Waals surface area contributed by atoms with Gasteiger partial charge in [0.1, 0.15) is 12.4 Å². The molecule has 0 unspecified atom stereocenters. The molecule has 170 valence electrons. The lowest BCUT2D eigenvalue weighted by Crippen LogP contribution is -2.87. The summed E-state index contributed by atoms with van der Waals surface area (Å²) in [5.41, 5.74) is 5.95. The molecule has 6 nitrogen and oxygen atoms in total. The highest BCUT2D eigenvalue weighted by molar-refractivity contribution is 5.86. The van der Waals surface area contributed by atoms with E-state index in [1.54, 1.807) is 21.3 Å². The van der Waals surface area contributed by atoms with Gasteiger partial charge in [-0.25, -0.2) is 0 Å². The Labute approximate surface area is 193 Å². The highest BCUT2D eigenvalue weighted by Gasteiger charge is 2.30. The van der Waals surface area contributed by atoms with Gasteiger partial charge in [-0.05, 0) is 41.5 Å². The number of methoxy groups -OCH3 is 3. The van der Waals surface area contributed by atoms with Crippen LogP contribution in [-0.4, -0.2) is 32.9 Å². The lowest BCUT2D eigenvalue weighted by atomic mass is 9.94. The minimum Gasteiger partial charge on any atom is -0.493 e. The summed E-state index contributed by atoms with van der Waals surface area (Å²) in [5.74, 6) is 2.82. The van der Waals surface area contributed by atoms with Crippen molar-refractivity contribution in [1.82, 2.24) is 4.98 Å². The summed E-state index contributed by atoms with van der Waals surface area (Å²) in [4.78, 5) is 3.67. The lowest BCUT2D eigenvalue weighted by molar-refractivity contribution is -0.690. The van der Waals surface area contributed by atoms with Gasteiger partial charge in [-0.2, -0.15) is 0 Å². The van der Waals surface area contributed by atoms with E-state index in [0.717, 1.165) is 35.4 Å². The molecular weight excluding hydrogens is 416 g/mol. The Hall–Kier alpha value is -3.64. The van der Waals surface area contributed by atoms with E-state index in [0.29, 0.717) is 23.9 Å². The average molecular weight is 446 g/mol. The molecule has 2 heterocycles. The molecule has 1 aliphatic rings. The topological polar surface area (TPSA) is 69.3 Å². The molecule has 0 fully saturated rings. The smallest absolute Gasteiger partial charge is 0.203 e. The highest BCUT2D eigenvalue weighted by Crippen LogP contribution is 2.41. The molecule has 0 radical (unpaired) electrons. The largest absolute Gasteiger partial charge is 0.493 e. The zero-order valence-electron chi connectivity index (χ0n) is 19.2. The van der Waals surface area contributed by atoms with Crippen LogP contribution in [0.15, 0.2) is 60.7 Å². The molecule has 0 saturated carbocycles. The molecule has 6 heteroatoms. The number of nitrogens with two attached hydrogens (primary N) is 1. The Morgan fingerprint density at radius 3 is 2.36 bits per heavy atom. The molecule has 1 atom stereocenters. The number of fused-ring (bicyclic) bond motifs is 3. The average Bonchev–Trinajstić information content (AvgIpc) is 3.25. The first-order valence-electron chi connectivity index (χ1n) is 11.2. The number of nitrogens with one attached hydrogen (secondary N) is 1. The Morgan fingerprint density at radius 2 is 1.67 bits per heavy atom. The van der Waals surface area contributed by atoms with Gasteiger partial charge in [0, 0.05) is 22.9 Å². The Morgan fingerprint density at radius 1 is 0.909 bits per heavy atom. The van der Waals surface area contributed by atoms with E-state index >= 15 is 0 Å². The van der Waals surface area contributed by atoms with E-state index in [1.165, 1.54) is 16.6 Å². The first kappa shape index (κ1) is 21.2. The number of hydrogen-bond acceptors (Lipinski definition) is 4. The number of aromatic amines is 1. The second-order valence-corrected chi connectivity index (χ2v) is 8.21. The summed E-state index contributed by atoms with van der Waals surface area (Å²) in [6.45, 7) is 1.55. The third-order valence-electron chi connectivity index (χ3n) is 6.31. The van der Waals surface area contributed by atoms with Gasteiger partial charge in [-0.3, -0.25) is 0 Å². The number of aromatic nitrogens is 1. The van der Waals surface area contributed by atoms with Gasteiger partial charge in [-0.1, -0.05) is 30.3 Å². The van der Waals surface area contributed by atoms with Gasteiger partial charge in [0.05, 0.1) is 33.6 Å². The molecule has 3 aromatic carbocycles. The first-order chi connectivity index (χ1) is 16.2. The quantitative estimate of drug-likeness (QED) is 0.452. The maximum Gasteiger partial charge on any atom is 0.203 e. The molecule has 0 saturated heterocycles. The van der Waals surface area contributed by atoms with Gasteiger partial charge in [-0.15, -0.1) is 0 Å². The number of hydrogen-bond donors (Lipinski definition) is 2. The van der Waals surface area contributed by atoms with Crippen LogP contribution in [0.3, 0.4) is 0 Å². The van der Waals surface area contributed by atoms with Crippen LogP contribution in [0.1, 0.15) is 28.4 Å². The van der Waals surface area contributed by atoms with Crippen LogP contribution < -0.4 is 24.3 Å². The van der Waals surface area contributed by atoms with E-state index in [9.17, 15) is 0 Å². The molecule has 0 amide bonds. The van der Waals surface area contributed by atoms with Crippen LogP contribution in [0, 0.1) is 0 Å². The maximum absolute atomic E-state index is 6.09. The SMILES string of the molecule is COc1cc([C@@H]2[NH2+]CCc3c2[nH]c2ccc(OCc4ccccc4)cc32)cc(OC)c1OC. The van der Waals surface area contributed by atoms with Crippen LogP contribution in [0.25, 0.3) is 10.9 Å². The molecule has 1 aromatic heterocycles. The molecule has 0 spiro atoms. The zero-order chi connectivity index (χ0) is 22.8. The summed E-state index contributed by atoms with van der Waals surface area (Å²) in [6.07, 6.45) is 0.998. The van der Waals surface area contributed by atoms with E-state index in [-0.39, 0.29) is 6.04 Å². The summed E-state index contributed by atoms with van der Waals surface area (Å²) in [7, 11) is 4.92. The number of H-pyrrole nitrogens is 1. The van der Waals surface area contributed by atoms with Crippen molar-refractivity contribution in [2.75, 3.05) is 27.9 Å². The summed E-state index contributed by atoms with van der Waals surface area (Å²) in [6, 6.07) is 20.7. The van der Waals surface area contributed by atoms with E-state index in [1.807, 2.05) is 36.4 Å². The highest BCUT2D eigenvalue weighted by atomic mass is 16.5. The second-order valence-electron chi connectivity index (χ2n) is 8.21. The second kappa shape index (κ2) is 9.08. The van der Waals surface area contributed by atoms with Crippen molar-refractivity contribution in [3.05, 3.63) is 83.0 Å². The molecule has 3 N–H and O–H groups in total. The Balaban J connectivity index is 1.50. The van der Waals surface area contributed by atoms with Crippen LogP contribution in [0.2, 0.25) is 0 Å². The van der Waals surface area contributed by atoms with Gasteiger partial charge in [0.15, 0.2) is 17.5 Å². The van der Waals surface area contributed by atoms with Gasteiger partial charge in [0.25, 0.3) is 0 Å². The number of benzene rings is 3. The minimum absolute atomic E-state index is 0.114. The molecule has 1 aliphatic heterocycles. The normalized spacial score (nSPS) is 15.2. The van der Waals surface area contributed by atoms with E-state index < -0.39 is 0 Å². The van der Waals surface area contributed by atoms with Crippen molar-refractivity contribution in [1.29, 1.82) is 0 Å². The Kier molecular flexibility index (Phi) is 5.84. The van der Waals surface area contributed by atoms with Gasteiger partial charge in [0.2, 0.25) is 5.75 Å². The molecule has 5 rings (SSSR count). The van der Waals surface area contributed by atoms with Gasteiger partial charge < -0.3 is 29.2 Å². The van der Waals surface area contributed by atoms with Crippen molar-refractivity contribution in [3.63, 3.8) is 0 Å². The number of quaternary nitrogens is 1. The molecule has 0 aliphatic carbocycles. The number of ether oxygens (including phenoxy) is 4. The van der Waals surface area contributed by atoms with Crippen LogP contribution >= 0.6 is 0 Å². The van der Waals surface area contributed by atoms with Crippen LogP contribution in [0.4, 0.5) is 0 Å². The first-order valence-corrected chi connectivity index (χ1v) is 11.2. The monoisotopic (exact) mass is 445 g/mol. The zero-order valence-corrected chi connectivity index (χ0v) is 19.2. The summed E-state index contributed by atoms with van der Waals surface area (Å²) >= 11 is 0. The number of rotatable bonds is 7. The van der Waals surface area contributed by atoms with Crippen LogP contribution in [-0.2, 0) is 13.0 Å². The Bertz CT molecular complexity index is 1240. The molecule has 33 heavy (non-hydrogen) atoms. The van der Waals surface area contributed by atoms with Crippen molar-refractivity contribution in [2.45, 2.75) is 19.1 Å². The third kappa shape index (κ3) is 3.98. The standard InChI is InChI=1S/C27H28N2O4/c1-30-23-13-18(14-24(31-2)27(23)32-3)25-26-20(11-12-28-25)21-15-19(9-10-22(21)29-26)33-16-17-7-5-4-6-8-17/h4-10,13-15,25,28-29H,11-12,16H2,1-3H3/p+1/t25-/m0/s1. The maximum atomic E-state index is 6.09. The third-order valence-corrected chi connectivity index (χ3v) is 6.31. The predicted octanol–water partition coefficient (Wildman–Crippen LogP) is 3.98. The summed E-state index contributed by atoms with van der Waals surface area (Å²) in [5, 5.41) is 3.58. The summed E-state index contributed by atoms with van der Waals surface area (Å²) < 4.78 is 22.8. The van der Waals surface area contributed by atoms with Crippen molar-refractivity contribution in [3.8, 4) is 23.0 Å².